The van der Waals surface area contributed by atoms with E-state index in [9.17, 15) is 18.0 Å². The fourth-order valence-corrected chi connectivity index (χ4v) is 4.91. The first kappa shape index (κ1) is 22.1. The Morgan fingerprint density at radius 3 is 2.20 bits per heavy atom. The summed E-state index contributed by atoms with van der Waals surface area (Å²) in [5, 5.41) is 0. The second-order valence-corrected chi connectivity index (χ2v) is 8.80. The van der Waals surface area contributed by atoms with Crippen LogP contribution in [0.25, 0.3) is 0 Å². The maximum Gasteiger partial charge on any atom is 0.252 e. The van der Waals surface area contributed by atoms with E-state index >= 15 is 0 Å². The van der Waals surface area contributed by atoms with Crippen molar-refractivity contribution in [2.24, 2.45) is 0 Å². The molecule has 2 aromatic rings. The van der Waals surface area contributed by atoms with E-state index < -0.39 is 34.2 Å². The van der Waals surface area contributed by atoms with Crippen LogP contribution in [0, 0.1) is 6.92 Å². The number of anilines is 1. The number of carbonyl (C=O) groups excluding carboxylic acids is 2. The molecule has 1 aliphatic rings. The van der Waals surface area contributed by atoms with Gasteiger partial charge < -0.3 is 9.47 Å². The first-order valence-corrected chi connectivity index (χ1v) is 10.8. The lowest BCUT2D eigenvalue weighted by atomic mass is 10.2. The normalized spacial score (nSPS) is 17.4. The Balaban J connectivity index is 2.00. The van der Waals surface area contributed by atoms with Gasteiger partial charge in [-0.05, 0) is 31.2 Å². The van der Waals surface area contributed by atoms with Crippen molar-refractivity contribution >= 4 is 27.5 Å². The minimum atomic E-state index is -4.09. The predicted octanol–water partition coefficient (Wildman–Crippen LogP) is 1.94. The predicted molar refractivity (Wildman–Crippen MR) is 110 cm³/mol. The molecular formula is C21H24N2O6S. The Hall–Kier alpha value is -2.59. The third kappa shape index (κ3) is 4.29. The van der Waals surface area contributed by atoms with Crippen molar-refractivity contribution in [1.82, 2.24) is 4.31 Å². The molecule has 0 aromatic heterocycles. The number of nitrogens with zero attached hydrogens (tertiary/aromatic N) is 2. The van der Waals surface area contributed by atoms with E-state index in [1.54, 1.807) is 42.5 Å². The summed E-state index contributed by atoms with van der Waals surface area (Å²) in [5.74, 6) is -1.07. The number of sulfonamides is 1. The average molecular weight is 432 g/mol. The summed E-state index contributed by atoms with van der Waals surface area (Å²) >= 11 is 0. The number of rotatable bonds is 8. The lowest BCUT2D eigenvalue weighted by Crippen LogP contribution is -2.49. The number of amides is 2. The summed E-state index contributed by atoms with van der Waals surface area (Å²) in [4.78, 5) is 26.9. The van der Waals surface area contributed by atoms with E-state index in [4.69, 9.17) is 9.47 Å². The number of hydrogen-bond acceptors (Lipinski definition) is 6. The van der Waals surface area contributed by atoms with Gasteiger partial charge in [-0.15, -0.1) is 0 Å². The smallest absolute Gasteiger partial charge is 0.252 e. The minimum Gasteiger partial charge on any atom is -0.354 e. The van der Waals surface area contributed by atoms with Crippen LogP contribution in [0.15, 0.2) is 59.5 Å². The van der Waals surface area contributed by atoms with Crippen molar-refractivity contribution in [1.29, 1.82) is 0 Å². The average Bonchev–Trinajstić information content (AvgIpc) is 3.04. The number of imide groups is 1. The van der Waals surface area contributed by atoms with Crippen molar-refractivity contribution < 1.29 is 27.5 Å². The molecule has 2 amide bonds. The van der Waals surface area contributed by atoms with Crippen LogP contribution >= 0.6 is 0 Å². The molecule has 0 N–H and O–H groups in total. The van der Waals surface area contributed by atoms with Crippen LogP contribution in [-0.4, -0.2) is 57.6 Å². The molecule has 1 unspecified atom stereocenters. The van der Waals surface area contributed by atoms with Gasteiger partial charge in [-0.25, -0.2) is 13.3 Å². The Labute approximate surface area is 176 Å². The van der Waals surface area contributed by atoms with Gasteiger partial charge in [-0.1, -0.05) is 35.9 Å². The lowest BCUT2D eigenvalue weighted by Gasteiger charge is -2.29. The van der Waals surface area contributed by atoms with E-state index in [0.29, 0.717) is 5.69 Å². The van der Waals surface area contributed by atoms with Gasteiger partial charge in [0.1, 0.15) is 6.04 Å². The van der Waals surface area contributed by atoms with Crippen LogP contribution in [0.2, 0.25) is 0 Å². The number of carbonyl (C=O) groups is 2. The molecule has 1 fully saturated rings. The highest BCUT2D eigenvalue weighted by atomic mass is 32.2. The van der Waals surface area contributed by atoms with Gasteiger partial charge in [0, 0.05) is 14.2 Å². The SMILES string of the molecule is COC(CN(C1CC(=O)N(c2ccc(C)cc2)C1=O)S(=O)(=O)c1ccccc1)OC. The highest BCUT2D eigenvalue weighted by Crippen LogP contribution is 2.29. The zero-order chi connectivity index (χ0) is 21.9. The molecule has 0 saturated carbocycles. The second kappa shape index (κ2) is 9.05. The summed E-state index contributed by atoms with van der Waals surface area (Å²) in [7, 11) is -1.34. The number of methoxy groups -OCH3 is 2. The third-order valence-electron chi connectivity index (χ3n) is 4.97. The fourth-order valence-electron chi connectivity index (χ4n) is 3.32. The topological polar surface area (TPSA) is 93.2 Å². The Morgan fingerprint density at radius 1 is 1.03 bits per heavy atom. The van der Waals surface area contributed by atoms with E-state index in [2.05, 4.69) is 0 Å². The molecule has 1 atom stereocenters. The van der Waals surface area contributed by atoms with Crippen molar-refractivity contribution in [2.45, 2.75) is 30.6 Å². The number of hydrogen-bond donors (Lipinski definition) is 0. The van der Waals surface area contributed by atoms with Gasteiger partial charge in [0.2, 0.25) is 15.9 Å². The number of ether oxygens (including phenoxy) is 2. The summed E-state index contributed by atoms with van der Waals surface area (Å²) in [6, 6.07) is 13.5. The second-order valence-electron chi connectivity index (χ2n) is 6.91. The number of aryl methyl sites for hydroxylation is 1. The molecule has 1 heterocycles. The maximum atomic E-state index is 13.4. The molecule has 160 valence electrons. The van der Waals surface area contributed by atoms with Gasteiger partial charge in [0.25, 0.3) is 5.91 Å². The van der Waals surface area contributed by atoms with Gasteiger partial charge in [-0.2, -0.15) is 4.31 Å². The van der Waals surface area contributed by atoms with Crippen LogP contribution in [0.4, 0.5) is 5.69 Å². The summed E-state index contributed by atoms with van der Waals surface area (Å²) in [6.45, 7) is 1.65. The van der Waals surface area contributed by atoms with Crippen molar-refractivity contribution in [3.63, 3.8) is 0 Å². The molecule has 9 heteroatoms. The Kier molecular flexibility index (Phi) is 6.67. The molecule has 1 saturated heterocycles. The molecule has 8 nitrogen and oxygen atoms in total. The lowest BCUT2D eigenvalue weighted by molar-refractivity contribution is -0.125. The van der Waals surface area contributed by atoms with Crippen LogP contribution in [0.1, 0.15) is 12.0 Å². The zero-order valence-electron chi connectivity index (χ0n) is 17.0. The molecular weight excluding hydrogens is 408 g/mol. The summed E-state index contributed by atoms with van der Waals surface area (Å²) < 4.78 is 38.1. The van der Waals surface area contributed by atoms with Gasteiger partial charge in [-0.3, -0.25) is 9.59 Å². The monoisotopic (exact) mass is 432 g/mol. The van der Waals surface area contributed by atoms with E-state index in [1.165, 1.54) is 26.4 Å². The molecule has 0 spiro atoms. The highest BCUT2D eigenvalue weighted by molar-refractivity contribution is 7.89. The van der Waals surface area contributed by atoms with E-state index in [-0.39, 0.29) is 17.9 Å². The maximum absolute atomic E-state index is 13.4. The van der Waals surface area contributed by atoms with Crippen molar-refractivity contribution in [2.75, 3.05) is 25.7 Å². The van der Waals surface area contributed by atoms with Crippen molar-refractivity contribution in [3.05, 3.63) is 60.2 Å². The third-order valence-corrected chi connectivity index (χ3v) is 6.86. The molecule has 1 aliphatic heterocycles. The summed E-state index contributed by atoms with van der Waals surface area (Å²) in [6.07, 6.45) is -1.17. The van der Waals surface area contributed by atoms with Crippen molar-refractivity contribution in [3.8, 4) is 0 Å². The molecule has 3 rings (SSSR count). The minimum absolute atomic E-state index is 0.0185. The van der Waals surface area contributed by atoms with Crippen LogP contribution in [0.5, 0.6) is 0 Å². The number of benzene rings is 2. The molecule has 0 radical (unpaired) electrons. The van der Waals surface area contributed by atoms with Crippen LogP contribution in [0.3, 0.4) is 0 Å². The molecule has 0 bridgehead atoms. The van der Waals surface area contributed by atoms with Crippen LogP contribution < -0.4 is 4.90 Å². The van der Waals surface area contributed by atoms with Gasteiger partial charge in [0.15, 0.2) is 6.29 Å². The molecule has 30 heavy (non-hydrogen) atoms. The Morgan fingerprint density at radius 2 is 1.63 bits per heavy atom. The van der Waals surface area contributed by atoms with E-state index in [0.717, 1.165) is 14.8 Å². The van der Waals surface area contributed by atoms with Gasteiger partial charge >= 0.3 is 0 Å². The zero-order valence-corrected chi connectivity index (χ0v) is 17.8. The molecule has 2 aromatic carbocycles. The van der Waals surface area contributed by atoms with Crippen LogP contribution in [-0.2, 0) is 29.1 Å². The summed E-state index contributed by atoms with van der Waals surface area (Å²) in [5.41, 5.74) is 1.39. The largest absolute Gasteiger partial charge is 0.354 e. The first-order valence-electron chi connectivity index (χ1n) is 9.35. The van der Waals surface area contributed by atoms with Gasteiger partial charge in [0.05, 0.1) is 23.5 Å². The standard InChI is InChI=1S/C21H24N2O6S/c1-15-9-11-16(12-10-15)23-19(24)13-18(21(23)25)22(14-20(28-2)29-3)30(26,27)17-7-5-4-6-8-17/h4-12,18,20H,13-14H2,1-3H3. The Bertz CT molecular complexity index is 1000. The van der Waals surface area contributed by atoms with E-state index in [1.807, 2.05) is 6.92 Å². The quantitative estimate of drug-likeness (QED) is 0.468. The first-order chi connectivity index (χ1) is 14.3. The molecule has 0 aliphatic carbocycles. The fraction of sp³-hybridized carbons (Fsp3) is 0.333. The highest BCUT2D eigenvalue weighted by Gasteiger charge is 2.47.